The van der Waals surface area contributed by atoms with Gasteiger partial charge in [0.15, 0.2) is 0 Å². The number of aliphatic hydroxyl groups excluding tert-OH is 1. The van der Waals surface area contributed by atoms with E-state index in [0.717, 1.165) is 5.56 Å². The molecule has 1 rings (SSSR count). The molecule has 0 aliphatic carbocycles. The highest BCUT2D eigenvalue weighted by Gasteiger charge is 2.12. The summed E-state index contributed by atoms with van der Waals surface area (Å²) in [6.45, 7) is 2.70. The summed E-state index contributed by atoms with van der Waals surface area (Å²) in [5.41, 5.74) is 0.760. The fourth-order valence-corrected chi connectivity index (χ4v) is 1.35. The van der Waals surface area contributed by atoms with Gasteiger partial charge in [0, 0.05) is 31.7 Å². The summed E-state index contributed by atoms with van der Waals surface area (Å²) in [4.78, 5) is 7.71. The summed E-state index contributed by atoms with van der Waals surface area (Å²) < 4.78 is 5.00. The lowest BCUT2D eigenvalue weighted by Crippen LogP contribution is -2.09. The second-order valence-electron chi connectivity index (χ2n) is 3.48. The van der Waals surface area contributed by atoms with Gasteiger partial charge in [-0.2, -0.15) is 0 Å². The van der Waals surface area contributed by atoms with Crippen molar-refractivity contribution in [2.24, 2.45) is 5.92 Å². The average molecular weight is 196 g/mol. The minimum absolute atomic E-state index is 0.329. The minimum atomic E-state index is -0.499. The third kappa shape index (κ3) is 3.40. The van der Waals surface area contributed by atoms with Crippen LogP contribution >= 0.6 is 0 Å². The third-order valence-corrected chi connectivity index (χ3v) is 2.04. The fourth-order valence-electron chi connectivity index (χ4n) is 1.35. The molecule has 0 saturated carbocycles. The van der Waals surface area contributed by atoms with Gasteiger partial charge in [-0.3, -0.25) is 0 Å². The summed E-state index contributed by atoms with van der Waals surface area (Å²) in [5.74, 6) is 0.329. The van der Waals surface area contributed by atoms with Gasteiger partial charge >= 0.3 is 0 Å². The summed E-state index contributed by atoms with van der Waals surface area (Å²) in [7, 11) is 1.66. The Morgan fingerprint density at radius 1 is 1.43 bits per heavy atom. The molecule has 4 nitrogen and oxygen atoms in total. The molecular formula is C10H16N2O2. The van der Waals surface area contributed by atoms with E-state index >= 15 is 0 Å². The predicted molar refractivity (Wildman–Crippen MR) is 52.6 cm³/mol. The maximum Gasteiger partial charge on any atom is 0.115 e. The van der Waals surface area contributed by atoms with Gasteiger partial charge in [-0.25, -0.2) is 9.97 Å². The van der Waals surface area contributed by atoms with Crippen LogP contribution < -0.4 is 0 Å². The normalized spacial score (nSPS) is 15.1. The fraction of sp³-hybridized carbons (Fsp3) is 0.600. The molecule has 0 fully saturated rings. The van der Waals surface area contributed by atoms with Crippen molar-refractivity contribution in [3.8, 4) is 0 Å². The van der Waals surface area contributed by atoms with Crippen LogP contribution in [0.5, 0.6) is 0 Å². The highest BCUT2D eigenvalue weighted by Crippen LogP contribution is 2.19. The zero-order valence-corrected chi connectivity index (χ0v) is 8.55. The smallest absolute Gasteiger partial charge is 0.115 e. The molecule has 2 atom stereocenters. The summed E-state index contributed by atoms with van der Waals surface area (Å²) in [5, 5.41) is 9.78. The van der Waals surface area contributed by atoms with E-state index in [9.17, 15) is 5.11 Å². The van der Waals surface area contributed by atoms with Crippen molar-refractivity contribution in [1.29, 1.82) is 0 Å². The van der Waals surface area contributed by atoms with Crippen molar-refractivity contribution in [2.45, 2.75) is 19.4 Å². The summed E-state index contributed by atoms with van der Waals surface area (Å²) in [6.07, 6.45) is 4.89. The number of hydrogen-bond acceptors (Lipinski definition) is 4. The van der Waals surface area contributed by atoms with Crippen molar-refractivity contribution in [2.75, 3.05) is 13.7 Å². The Morgan fingerprint density at radius 2 is 2.07 bits per heavy atom. The van der Waals surface area contributed by atoms with Crippen LogP contribution in [-0.4, -0.2) is 28.8 Å². The third-order valence-electron chi connectivity index (χ3n) is 2.04. The largest absolute Gasteiger partial charge is 0.388 e. The Hall–Kier alpha value is -1.00. The van der Waals surface area contributed by atoms with E-state index in [2.05, 4.69) is 9.97 Å². The molecule has 0 aliphatic heterocycles. The number of hydrogen-bond donors (Lipinski definition) is 1. The average Bonchev–Trinajstić information content (AvgIpc) is 2.19. The number of aromatic nitrogens is 2. The molecule has 1 aromatic rings. The van der Waals surface area contributed by atoms with E-state index in [4.69, 9.17) is 4.74 Å². The SMILES string of the molecule is COCC(C)CC(O)c1cncnc1. The molecule has 0 aromatic carbocycles. The Labute approximate surface area is 84.0 Å². The molecule has 1 heterocycles. The minimum Gasteiger partial charge on any atom is -0.388 e. The van der Waals surface area contributed by atoms with E-state index in [1.165, 1.54) is 6.33 Å². The number of methoxy groups -OCH3 is 1. The van der Waals surface area contributed by atoms with E-state index in [0.29, 0.717) is 18.9 Å². The molecule has 0 saturated heterocycles. The van der Waals surface area contributed by atoms with Gasteiger partial charge in [-0.1, -0.05) is 6.92 Å². The Bertz CT molecular complexity index is 254. The van der Waals surface area contributed by atoms with Gasteiger partial charge in [0.1, 0.15) is 6.33 Å². The Morgan fingerprint density at radius 3 is 2.64 bits per heavy atom. The van der Waals surface area contributed by atoms with E-state index < -0.39 is 6.10 Å². The number of rotatable bonds is 5. The van der Waals surface area contributed by atoms with Crippen LogP contribution in [-0.2, 0) is 4.74 Å². The van der Waals surface area contributed by atoms with Crippen LogP contribution in [0, 0.1) is 5.92 Å². The predicted octanol–water partition coefficient (Wildman–Crippen LogP) is 1.18. The molecule has 0 spiro atoms. The number of aliphatic hydroxyl groups is 1. The van der Waals surface area contributed by atoms with Crippen LogP contribution in [0.25, 0.3) is 0 Å². The van der Waals surface area contributed by atoms with Gasteiger partial charge in [0.05, 0.1) is 6.10 Å². The Balaban J connectivity index is 2.46. The van der Waals surface area contributed by atoms with Crippen molar-refractivity contribution < 1.29 is 9.84 Å². The van der Waals surface area contributed by atoms with Crippen molar-refractivity contribution in [3.63, 3.8) is 0 Å². The first kappa shape index (κ1) is 11.1. The zero-order chi connectivity index (χ0) is 10.4. The van der Waals surface area contributed by atoms with Gasteiger partial charge in [0.2, 0.25) is 0 Å². The summed E-state index contributed by atoms with van der Waals surface area (Å²) in [6, 6.07) is 0. The van der Waals surface area contributed by atoms with Crippen LogP contribution in [0.4, 0.5) is 0 Å². The molecule has 0 aliphatic rings. The van der Waals surface area contributed by atoms with Crippen LogP contribution in [0.2, 0.25) is 0 Å². The highest BCUT2D eigenvalue weighted by atomic mass is 16.5. The zero-order valence-electron chi connectivity index (χ0n) is 8.55. The van der Waals surface area contributed by atoms with Crippen LogP contribution in [0.1, 0.15) is 25.0 Å². The van der Waals surface area contributed by atoms with Gasteiger partial charge in [0.25, 0.3) is 0 Å². The first-order valence-electron chi connectivity index (χ1n) is 4.66. The first-order valence-corrected chi connectivity index (χ1v) is 4.66. The van der Waals surface area contributed by atoms with Gasteiger partial charge in [-0.15, -0.1) is 0 Å². The molecule has 0 bridgehead atoms. The molecule has 0 amide bonds. The highest BCUT2D eigenvalue weighted by molar-refractivity contribution is 5.06. The molecule has 1 aromatic heterocycles. The quantitative estimate of drug-likeness (QED) is 0.768. The van der Waals surface area contributed by atoms with Crippen LogP contribution in [0.3, 0.4) is 0 Å². The lowest BCUT2D eigenvalue weighted by molar-refractivity contribution is 0.101. The monoisotopic (exact) mass is 196 g/mol. The van der Waals surface area contributed by atoms with E-state index in [1.807, 2.05) is 6.92 Å². The van der Waals surface area contributed by atoms with Crippen molar-refractivity contribution in [3.05, 3.63) is 24.3 Å². The van der Waals surface area contributed by atoms with Gasteiger partial charge in [-0.05, 0) is 12.3 Å². The maximum atomic E-state index is 9.78. The van der Waals surface area contributed by atoms with Crippen molar-refractivity contribution >= 4 is 0 Å². The second-order valence-corrected chi connectivity index (χ2v) is 3.48. The van der Waals surface area contributed by atoms with E-state index in [-0.39, 0.29) is 0 Å². The first-order chi connectivity index (χ1) is 6.74. The molecule has 78 valence electrons. The molecule has 0 radical (unpaired) electrons. The van der Waals surface area contributed by atoms with Crippen molar-refractivity contribution in [1.82, 2.24) is 9.97 Å². The lowest BCUT2D eigenvalue weighted by Gasteiger charge is -2.15. The van der Waals surface area contributed by atoms with Crippen LogP contribution in [0.15, 0.2) is 18.7 Å². The standard InChI is InChI=1S/C10H16N2O2/c1-8(6-14-2)3-10(13)9-4-11-7-12-5-9/h4-5,7-8,10,13H,3,6H2,1-2H3. The second kappa shape index (κ2) is 5.67. The topological polar surface area (TPSA) is 55.2 Å². The number of nitrogens with zero attached hydrogens (tertiary/aromatic N) is 2. The molecule has 4 heteroatoms. The molecular weight excluding hydrogens is 180 g/mol. The maximum absolute atomic E-state index is 9.78. The number of ether oxygens (including phenoxy) is 1. The summed E-state index contributed by atoms with van der Waals surface area (Å²) >= 11 is 0. The van der Waals surface area contributed by atoms with Gasteiger partial charge < -0.3 is 9.84 Å². The molecule has 14 heavy (non-hydrogen) atoms. The molecule has 1 N–H and O–H groups in total. The molecule has 2 unspecified atom stereocenters. The Kier molecular flexibility index (Phi) is 4.49. The van der Waals surface area contributed by atoms with E-state index in [1.54, 1.807) is 19.5 Å². The lowest BCUT2D eigenvalue weighted by atomic mass is 10.0.